The molecule has 2 unspecified atom stereocenters. The average molecular weight is 537 g/mol. The molecule has 2 N–H and O–H groups in total. The van der Waals surface area contributed by atoms with Gasteiger partial charge < -0.3 is 15.4 Å². The largest absolute Gasteiger partial charge is 0.459 e. The van der Waals surface area contributed by atoms with Crippen molar-refractivity contribution in [2.24, 2.45) is 10.9 Å². The molecule has 0 amide bonds. The Hall–Kier alpha value is -1.06. The number of esters is 1. The van der Waals surface area contributed by atoms with Crippen LogP contribution in [-0.4, -0.2) is 56.2 Å². The summed E-state index contributed by atoms with van der Waals surface area (Å²) in [4.78, 5) is 18.5. The molecule has 164 valence electrons. The molecule has 1 aliphatic heterocycles. The number of hydrogen-bond donors (Lipinski definition) is 2. The lowest BCUT2D eigenvalue weighted by atomic mass is 9.85. The molecule has 2 atom stereocenters. The molecule has 1 saturated heterocycles. The highest BCUT2D eigenvalue weighted by Crippen LogP contribution is 2.35. The third-order valence-corrected chi connectivity index (χ3v) is 5.01. The van der Waals surface area contributed by atoms with Crippen LogP contribution in [0.25, 0.3) is 0 Å². The summed E-state index contributed by atoms with van der Waals surface area (Å²) in [6.45, 7) is 7.47. The summed E-state index contributed by atoms with van der Waals surface area (Å²) >= 11 is 6.22. The van der Waals surface area contributed by atoms with Crippen molar-refractivity contribution in [3.8, 4) is 0 Å². The van der Waals surface area contributed by atoms with Gasteiger partial charge >= 0.3 is 5.97 Å². The molecule has 8 heteroatoms. The first kappa shape index (κ1) is 26.0. The molecule has 0 aliphatic carbocycles. The summed E-state index contributed by atoms with van der Waals surface area (Å²) in [5.41, 5.74) is 0.741. The number of piperidine rings is 1. The van der Waals surface area contributed by atoms with Crippen LogP contribution in [0.1, 0.15) is 45.2 Å². The van der Waals surface area contributed by atoms with Crippen LogP contribution in [0.3, 0.4) is 0 Å². The molecule has 0 radical (unpaired) electrons. The zero-order valence-corrected chi connectivity index (χ0v) is 21.1. The smallest absolute Gasteiger partial charge is 0.325 e. The summed E-state index contributed by atoms with van der Waals surface area (Å²) in [5, 5.41) is 7.16. The van der Waals surface area contributed by atoms with E-state index in [1.54, 1.807) is 7.05 Å². The Balaban J connectivity index is 0.00000420. The van der Waals surface area contributed by atoms with Crippen LogP contribution in [0.15, 0.2) is 29.3 Å². The lowest BCUT2D eigenvalue weighted by Crippen LogP contribution is -2.46. The second-order valence-corrected chi connectivity index (χ2v) is 8.71. The number of benzene rings is 1. The van der Waals surface area contributed by atoms with Crippen molar-refractivity contribution in [2.45, 2.75) is 45.3 Å². The first-order valence-electron chi connectivity index (χ1n) is 9.81. The van der Waals surface area contributed by atoms with Crippen LogP contribution in [-0.2, 0) is 9.53 Å². The van der Waals surface area contributed by atoms with Gasteiger partial charge in [-0.3, -0.25) is 14.7 Å². The second kappa shape index (κ2) is 12.0. The molecule has 0 aromatic heterocycles. The van der Waals surface area contributed by atoms with E-state index in [1.807, 2.05) is 32.9 Å². The van der Waals surface area contributed by atoms with E-state index < -0.39 is 5.60 Å². The van der Waals surface area contributed by atoms with E-state index in [4.69, 9.17) is 16.3 Å². The van der Waals surface area contributed by atoms with E-state index in [-0.39, 0.29) is 36.5 Å². The first-order valence-corrected chi connectivity index (χ1v) is 10.2. The molecule has 29 heavy (non-hydrogen) atoms. The Morgan fingerprint density at radius 1 is 1.34 bits per heavy atom. The number of hydrogen-bond acceptors (Lipinski definition) is 4. The maximum absolute atomic E-state index is 11.9. The van der Waals surface area contributed by atoms with Crippen LogP contribution in [0.2, 0.25) is 5.02 Å². The Bertz CT molecular complexity index is 694. The third-order valence-electron chi connectivity index (χ3n) is 4.77. The molecule has 0 bridgehead atoms. The van der Waals surface area contributed by atoms with Crippen molar-refractivity contribution in [1.82, 2.24) is 15.5 Å². The minimum atomic E-state index is -0.493. The van der Waals surface area contributed by atoms with E-state index in [9.17, 15) is 4.79 Å². The molecule has 1 aromatic carbocycles. The van der Waals surface area contributed by atoms with Crippen LogP contribution >= 0.6 is 35.6 Å². The fourth-order valence-corrected chi connectivity index (χ4v) is 3.87. The van der Waals surface area contributed by atoms with E-state index in [2.05, 4.69) is 39.7 Å². The van der Waals surface area contributed by atoms with Gasteiger partial charge in [0.1, 0.15) is 12.1 Å². The third kappa shape index (κ3) is 8.68. The van der Waals surface area contributed by atoms with Gasteiger partial charge in [-0.25, -0.2) is 0 Å². The van der Waals surface area contributed by atoms with E-state index in [0.29, 0.717) is 17.9 Å². The molecule has 1 aromatic rings. The van der Waals surface area contributed by atoms with Crippen molar-refractivity contribution in [3.05, 3.63) is 34.9 Å². The number of aliphatic imine (C=N–C) groups is 1. The highest BCUT2D eigenvalue weighted by molar-refractivity contribution is 14.0. The first-order chi connectivity index (χ1) is 13.2. The van der Waals surface area contributed by atoms with Gasteiger partial charge in [0.2, 0.25) is 0 Å². The quantitative estimate of drug-likeness (QED) is 0.259. The van der Waals surface area contributed by atoms with Gasteiger partial charge in [-0.15, -0.1) is 24.0 Å². The predicted molar refractivity (Wildman–Crippen MR) is 130 cm³/mol. The van der Waals surface area contributed by atoms with Gasteiger partial charge in [0.05, 0.1) is 0 Å². The Labute approximate surface area is 196 Å². The van der Waals surface area contributed by atoms with Gasteiger partial charge in [-0.2, -0.15) is 0 Å². The fourth-order valence-electron chi connectivity index (χ4n) is 3.67. The number of guanidine groups is 1. The lowest BCUT2D eigenvalue weighted by Gasteiger charge is -2.40. The number of rotatable bonds is 5. The number of nitrogens with zero attached hydrogens (tertiary/aromatic N) is 2. The Kier molecular flexibility index (Phi) is 10.7. The summed E-state index contributed by atoms with van der Waals surface area (Å²) in [5.74, 6) is 0.714. The lowest BCUT2D eigenvalue weighted by molar-refractivity contribution is -0.153. The highest BCUT2D eigenvalue weighted by Gasteiger charge is 2.30. The van der Waals surface area contributed by atoms with Crippen LogP contribution < -0.4 is 10.6 Å². The van der Waals surface area contributed by atoms with Gasteiger partial charge in [0.15, 0.2) is 5.96 Å². The number of nitrogens with one attached hydrogen (secondary N) is 2. The highest BCUT2D eigenvalue weighted by atomic mass is 127. The molecular formula is C21H34ClIN4O2. The summed E-state index contributed by atoms with van der Waals surface area (Å²) in [7, 11) is 3.86. The van der Waals surface area contributed by atoms with Crippen molar-refractivity contribution in [3.63, 3.8) is 0 Å². The minimum Gasteiger partial charge on any atom is -0.459 e. The molecule has 1 fully saturated rings. The summed E-state index contributed by atoms with van der Waals surface area (Å²) < 4.78 is 5.32. The van der Waals surface area contributed by atoms with E-state index in [1.165, 1.54) is 5.56 Å². The molecular weight excluding hydrogens is 503 g/mol. The van der Waals surface area contributed by atoms with Crippen LogP contribution in [0.4, 0.5) is 0 Å². The maximum atomic E-state index is 11.9. The SMILES string of the molecule is CN=C(NCC(=O)OC(C)(C)C)NCC1CCCN(C)C1c1cccc(Cl)c1.I. The van der Waals surface area contributed by atoms with Crippen molar-refractivity contribution < 1.29 is 9.53 Å². The molecule has 6 nitrogen and oxygen atoms in total. The summed E-state index contributed by atoms with van der Waals surface area (Å²) in [6.07, 6.45) is 2.28. The van der Waals surface area contributed by atoms with Crippen molar-refractivity contribution in [1.29, 1.82) is 0 Å². The molecule has 2 rings (SSSR count). The number of ether oxygens (including phenoxy) is 1. The van der Waals surface area contributed by atoms with Gasteiger partial charge in [0, 0.05) is 24.7 Å². The summed E-state index contributed by atoms with van der Waals surface area (Å²) in [6, 6.07) is 8.40. The van der Waals surface area contributed by atoms with Gasteiger partial charge in [-0.05, 0) is 70.8 Å². The van der Waals surface area contributed by atoms with Crippen molar-refractivity contribution >= 4 is 47.5 Å². The fraction of sp³-hybridized carbons (Fsp3) is 0.619. The van der Waals surface area contributed by atoms with Gasteiger partial charge in [0.25, 0.3) is 0 Å². The van der Waals surface area contributed by atoms with Crippen molar-refractivity contribution in [2.75, 3.05) is 33.7 Å². The second-order valence-electron chi connectivity index (χ2n) is 8.28. The zero-order chi connectivity index (χ0) is 20.7. The monoisotopic (exact) mass is 536 g/mol. The molecule has 1 aliphatic rings. The number of halogens is 2. The Morgan fingerprint density at radius 2 is 2.07 bits per heavy atom. The minimum absolute atomic E-state index is 0. The maximum Gasteiger partial charge on any atom is 0.325 e. The predicted octanol–water partition coefficient (Wildman–Crippen LogP) is 3.85. The molecule has 1 heterocycles. The number of carbonyl (C=O) groups is 1. The average Bonchev–Trinajstić information content (AvgIpc) is 2.60. The topological polar surface area (TPSA) is 66.0 Å². The Morgan fingerprint density at radius 3 is 2.69 bits per heavy atom. The van der Waals surface area contributed by atoms with E-state index in [0.717, 1.165) is 31.0 Å². The van der Waals surface area contributed by atoms with Crippen LogP contribution in [0, 0.1) is 5.92 Å². The molecule has 0 saturated carbocycles. The zero-order valence-electron chi connectivity index (χ0n) is 18.0. The van der Waals surface area contributed by atoms with Gasteiger partial charge in [-0.1, -0.05) is 23.7 Å². The van der Waals surface area contributed by atoms with E-state index >= 15 is 0 Å². The number of carbonyl (C=O) groups excluding carboxylic acids is 1. The molecule has 0 spiro atoms. The normalized spacial score (nSPS) is 20.6. The number of likely N-dealkylation sites (tertiary alicyclic amines) is 1. The van der Waals surface area contributed by atoms with Crippen LogP contribution in [0.5, 0.6) is 0 Å². The standard InChI is InChI=1S/C21H33ClN4O2.HI/c1-21(2,3)28-18(27)14-25-20(23-4)24-13-16-9-7-11-26(5)19(16)15-8-6-10-17(22)12-15;/h6,8,10,12,16,19H,7,9,11,13-14H2,1-5H3,(H2,23,24,25);1H.